The van der Waals surface area contributed by atoms with Crippen LogP contribution >= 0.6 is 0 Å². The molecule has 0 aliphatic heterocycles. The van der Waals surface area contributed by atoms with Gasteiger partial charge in [-0.05, 0) is 43.5 Å². The van der Waals surface area contributed by atoms with E-state index in [0.29, 0.717) is 12.0 Å². The molecule has 1 aromatic carbocycles. The van der Waals surface area contributed by atoms with E-state index in [1.54, 1.807) is 6.07 Å². The first-order valence-corrected chi connectivity index (χ1v) is 4.83. The SMILES string of the molecule is CNC1CC(c2ccc(F)c(F)c2)C1. The average Bonchev–Trinajstić information content (AvgIpc) is 2.09. The first-order valence-electron chi connectivity index (χ1n) is 4.83. The third-order valence-corrected chi connectivity index (χ3v) is 2.96. The number of hydrogen-bond acceptors (Lipinski definition) is 1. The lowest BCUT2D eigenvalue weighted by Crippen LogP contribution is -2.37. The lowest BCUT2D eigenvalue weighted by Gasteiger charge is -2.35. The van der Waals surface area contributed by atoms with Gasteiger partial charge in [-0.25, -0.2) is 8.78 Å². The zero-order valence-corrected chi connectivity index (χ0v) is 8.06. The van der Waals surface area contributed by atoms with Crippen LogP contribution in [0.3, 0.4) is 0 Å². The van der Waals surface area contributed by atoms with Crippen molar-refractivity contribution in [2.75, 3.05) is 7.05 Å². The molecule has 1 N–H and O–H groups in total. The van der Waals surface area contributed by atoms with Gasteiger partial charge in [0.25, 0.3) is 0 Å². The summed E-state index contributed by atoms with van der Waals surface area (Å²) in [5.41, 5.74) is 0.912. The van der Waals surface area contributed by atoms with Gasteiger partial charge in [-0.15, -0.1) is 0 Å². The van der Waals surface area contributed by atoms with Crippen LogP contribution in [0, 0.1) is 11.6 Å². The largest absolute Gasteiger partial charge is 0.317 e. The molecule has 1 aliphatic rings. The van der Waals surface area contributed by atoms with Gasteiger partial charge in [0, 0.05) is 6.04 Å². The summed E-state index contributed by atoms with van der Waals surface area (Å²) < 4.78 is 25.5. The maximum Gasteiger partial charge on any atom is 0.159 e. The maximum absolute atomic E-state index is 12.9. The smallest absolute Gasteiger partial charge is 0.159 e. The van der Waals surface area contributed by atoms with E-state index in [4.69, 9.17) is 0 Å². The molecular weight excluding hydrogens is 184 g/mol. The van der Waals surface area contributed by atoms with E-state index in [-0.39, 0.29) is 0 Å². The summed E-state index contributed by atoms with van der Waals surface area (Å²) in [5.74, 6) is -1.11. The summed E-state index contributed by atoms with van der Waals surface area (Å²) >= 11 is 0. The van der Waals surface area contributed by atoms with Gasteiger partial charge in [-0.1, -0.05) is 6.07 Å². The highest BCUT2D eigenvalue weighted by Crippen LogP contribution is 2.36. The Bertz CT molecular complexity index is 332. The number of hydrogen-bond donors (Lipinski definition) is 1. The Morgan fingerprint density at radius 1 is 1.21 bits per heavy atom. The molecule has 2 rings (SSSR count). The molecule has 0 radical (unpaired) electrons. The molecule has 0 saturated heterocycles. The van der Waals surface area contributed by atoms with E-state index >= 15 is 0 Å². The summed E-state index contributed by atoms with van der Waals surface area (Å²) in [6, 6.07) is 4.73. The van der Waals surface area contributed by atoms with E-state index in [2.05, 4.69) is 5.32 Å². The van der Waals surface area contributed by atoms with E-state index in [1.807, 2.05) is 7.05 Å². The molecular formula is C11H13F2N. The standard InChI is InChI=1S/C11H13F2N/c1-14-9-4-8(5-9)7-2-3-10(12)11(13)6-7/h2-3,6,8-9,14H,4-5H2,1H3. The quantitative estimate of drug-likeness (QED) is 0.767. The van der Waals surface area contributed by atoms with Crippen LogP contribution in [0.4, 0.5) is 8.78 Å². The van der Waals surface area contributed by atoms with Crippen LogP contribution in [0.5, 0.6) is 0 Å². The van der Waals surface area contributed by atoms with Crippen LogP contribution in [-0.2, 0) is 0 Å². The molecule has 0 aromatic heterocycles. The third kappa shape index (κ3) is 1.64. The molecule has 1 aliphatic carbocycles. The summed E-state index contributed by atoms with van der Waals surface area (Å²) in [4.78, 5) is 0. The number of benzene rings is 1. The normalized spacial score (nSPS) is 25.9. The second kappa shape index (κ2) is 3.65. The summed E-state index contributed by atoms with van der Waals surface area (Å²) in [6.45, 7) is 0. The Hall–Kier alpha value is -0.960. The van der Waals surface area contributed by atoms with Crippen LogP contribution in [0.1, 0.15) is 24.3 Å². The van der Waals surface area contributed by atoms with Gasteiger partial charge >= 0.3 is 0 Å². The molecule has 0 spiro atoms. The minimum Gasteiger partial charge on any atom is -0.317 e. The van der Waals surface area contributed by atoms with Gasteiger partial charge in [0.05, 0.1) is 0 Å². The highest BCUT2D eigenvalue weighted by Gasteiger charge is 2.29. The van der Waals surface area contributed by atoms with Crippen LogP contribution in [0.15, 0.2) is 18.2 Å². The molecule has 0 bridgehead atoms. The zero-order valence-electron chi connectivity index (χ0n) is 8.06. The van der Waals surface area contributed by atoms with Crippen LogP contribution in [-0.4, -0.2) is 13.1 Å². The Morgan fingerprint density at radius 3 is 2.50 bits per heavy atom. The molecule has 14 heavy (non-hydrogen) atoms. The second-order valence-corrected chi connectivity index (χ2v) is 3.83. The van der Waals surface area contributed by atoms with Crippen molar-refractivity contribution in [3.63, 3.8) is 0 Å². The highest BCUT2D eigenvalue weighted by atomic mass is 19.2. The lowest BCUT2D eigenvalue weighted by atomic mass is 9.76. The van der Waals surface area contributed by atoms with Crippen molar-refractivity contribution in [3.8, 4) is 0 Å². The van der Waals surface area contributed by atoms with E-state index in [9.17, 15) is 8.78 Å². The molecule has 0 unspecified atom stereocenters. The maximum atomic E-state index is 12.9. The highest BCUT2D eigenvalue weighted by molar-refractivity contribution is 5.24. The molecule has 1 nitrogen and oxygen atoms in total. The van der Waals surface area contributed by atoms with Crippen LogP contribution in [0.2, 0.25) is 0 Å². The van der Waals surface area contributed by atoms with E-state index in [0.717, 1.165) is 18.4 Å². The zero-order chi connectivity index (χ0) is 10.1. The van der Waals surface area contributed by atoms with E-state index in [1.165, 1.54) is 12.1 Å². The van der Waals surface area contributed by atoms with Crippen molar-refractivity contribution in [2.45, 2.75) is 24.8 Å². The minimum absolute atomic E-state index is 0.391. The van der Waals surface area contributed by atoms with Crippen molar-refractivity contribution < 1.29 is 8.78 Å². The summed E-state index contributed by atoms with van der Waals surface area (Å²) in [7, 11) is 1.92. The monoisotopic (exact) mass is 197 g/mol. The predicted molar refractivity (Wildman–Crippen MR) is 51.2 cm³/mol. The fourth-order valence-corrected chi connectivity index (χ4v) is 1.89. The first kappa shape index (κ1) is 9.59. The van der Waals surface area contributed by atoms with Crippen LogP contribution in [0.25, 0.3) is 0 Å². The molecule has 1 fully saturated rings. The van der Waals surface area contributed by atoms with Crippen molar-refractivity contribution >= 4 is 0 Å². The second-order valence-electron chi connectivity index (χ2n) is 3.83. The molecule has 0 atom stereocenters. The topological polar surface area (TPSA) is 12.0 Å². The summed E-state index contributed by atoms with van der Waals surface area (Å²) in [6.07, 6.45) is 2.03. The Labute approximate surface area is 82.1 Å². The molecule has 3 heteroatoms. The van der Waals surface area contributed by atoms with Crippen molar-refractivity contribution in [2.24, 2.45) is 0 Å². The van der Waals surface area contributed by atoms with Gasteiger partial charge in [0.15, 0.2) is 11.6 Å². The molecule has 76 valence electrons. The molecule has 0 amide bonds. The van der Waals surface area contributed by atoms with Crippen molar-refractivity contribution in [1.82, 2.24) is 5.32 Å². The first-order chi connectivity index (χ1) is 6.70. The molecule has 1 aromatic rings. The van der Waals surface area contributed by atoms with E-state index < -0.39 is 11.6 Å². The third-order valence-electron chi connectivity index (χ3n) is 2.96. The summed E-state index contributed by atoms with van der Waals surface area (Å²) in [5, 5.41) is 3.16. The molecule has 1 saturated carbocycles. The van der Waals surface area contributed by atoms with Gasteiger partial charge in [0.1, 0.15) is 0 Å². The number of halogens is 2. The van der Waals surface area contributed by atoms with Crippen molar-refractivity contribution in [3.05, 3.63) is 35.4 Å². The fraction of sp³-hybridized carbons (Fsp3) is 0.455. The molecule has 0 heterocycles. The average molecular weight is 197 g/mol. The number of nitrogens with one attached hydrogen (secondary N) is 1. The minimum atomic E-state index is -0.766. The van der Waals surface area contributed by atoms with Crippen LogP contribution < -0.4 is 5.32 Å². The Balaban J connectivity index is 2.08. The van der Waals surface area contributed by atoms with Gasteiger partial charge in [-0.3, -0.25) is 0 Å². The predicted octanol–water partition coefficient (Wildman–Crippen LogP) is 2.43. The Kier molecular flexibility index (Phi) is 2.50. The van der Waals surface area contributed by atoms with Gasteiger partial charge in [-0.2, -0.15) is 0 Å². The number of rotatable bonds is 2. The fourth-order valence-electron chi connectivity index (χ4n) is 1.89. The Morgan fingerprint density at radius 2 is 1.93 bits per heavy atom. The van der Waals surface area contributed by atoms with Crippen molar-refractivity contribution in [1.29, 1.82) is 0 Å². The lowest BCUT2D eigenvalue weighted by molar-refractivity contribution is 0.306. The van der Waals surface area contributed by atoms with Gasteiger partial charge in [0.2, 0.25) is 0 Å². The van der Waals surface area contributed by atoms with Gasteiger partial charge < -0.3 is 5.32 Å².